The monoisotopic (exact) mass is 706 g/mol. The fraction of sp³-hybridized carbons (Fsp3) is 0.500. The Bertz CT molecular complexity index is 1920. The van der Waals surface area contributed by atoms with Gasteiger partial charge in [-0.3, -0.25) is 19.0 Å². The number of nitrogens with one attached hydrogen (secondary N) is 1. The minimum atomic E-state index is -3.55. The van der Waals surface area contributed by atoms with Gasteiger partial charge in [0.05, 0.1) is 30.2 Å². The van der Waals surface area contributed by atoms with Crippen LogP contribution in [0, 0.1) is 17.8 Å². The summed E-state index contributed by atoms with van der Waals surface area (Å²) < 4.78 is 35.2. The lowest BCUT2D eigenvalue weighted by atomic mass is 9.68. The number of ether oxygens (including phenoxy) is 2. The molecule has 7 rings (SSSR count). The molecule has 1 saturated carbocycles. The van der Waals surface area contributed by atoms with Crippen LogP contribution in [0.2, 0.25) is 5.02 Å². The highest BCUT2D eigenvalue weighted by Gasteiger charge is 2.45. The number of nitrogens with zero attached hydrogens (tertiary/aromatic N) is 5. The van der Waals surface area contributed by atoms with Gasteiger partial charge in [-0.25, -0.2) is 9.19 Å². The quantitative estimate of drug-likeness (QED) is 0.352. The second-order valence-corrected chi connectivity index (χ2v) is 16.6. The Kier molecular flexibility index (Phi) is 9.31. The predicted molar refractivity (Wildman–Crippen MR) is 188 cm³/mol. The number of aryl methyl sites for hydroxylation is 2. The first-order chi connectivity index (χ1) is 23.5. The third-order valence-electron chi connectivity index (χ3n) is 10.5. The highest BCUT2D eigenvalue weighted by molar-refractivity contribution is 7.92. The molecule has 1 aromatic carbocycles. The molecule has 1 spiro atoms. The van der Waals surface area contributed by atoms with Crippen molar-refractivity contribution in [3.8, 4) is 5.75 Å². The van der Waals surface area contributed by atoms with Crippen LogP contribution >= 0.6 is 11.6 Å². The molecular formula is C36H43ClN6O5S. The average Bonchev–Trinajstić information content (AvgIpc) is 3.43. The van der Waals surface area contributed by atoms with Gasteiger partial charge in [0.25, 0.3) is 5.91 Å². The summed E-state index contributed by atoms with van der Waals surface area (Å²) in [5.74, 6) is 0.268. The van der Waals surface area contributed by atoms with Gasteiger partial charge in [-0.05, 0) is 91.7 Å². The molecule has 2 bridgehead atoms. The van der Waals surface area contributed by atoms with Gasteiger partial charge in [0.1, 0.15) is 15.6 Å². The maximum Gasteiger partial charge on any atom is 0.305 e. The van der Waals surface area contributed by atoms with Gasteiger partial charge in [-0.2, -0.15) is 5.10 Å². The molecule has 3 aromatic rings. The number of fused-ring (bicyclic) bond motifs is 4. The number of benzene rings is 1. The first-order valence-corrected chi connectivity index (χ1v) is 19.1. The summed E-state index contributed by atoms with van der Waals surface area (Å²) in [6, 6.07) is 9.51. The first kappa shape index (κ1) is 33.7. The molecule has 2 amide bonds. The van der Waals surface area contributed by atoms with Crippen LogP contribution in [0.15, 0.2) is 59.2 Å². The van der Waals surface area contributed by atoms with E-state index in [1.165, 1.54) is 28.2 Å². The van der Waals surface area contributed by atoms with E-state index in [9.17, 15) is 13.8 Å². The van der Waals surface area contributed by atoms with E-state index in [1.807, 2.05) is 13.0 Å². The highest BCUT2D eigenvalue weighted by atomic mass is 35.5. The summed E-state index contributed by atoms with van der Waals surface area (Å²) in [6.07, 6.45) is 12.6. The Hall–Kier alpha value is -3.74. The van der Waals surface area contributed by atoms with E-state index in [1.54, 1.807) is 26.3 Å². The number of carbonyl (C=O) groups excluding carboxylic acids is 2. The van der Waals surface area contributed by atoms with Crippen LogP contribution in [0.4, 0.5) is 5.82 Å². The molecular weight excluding hydrogens is 664 g/mol. The van der Waals surface area contributed by atoms with Crippen LogP contribution in [0.1, 0.15) is 71.0 Å². The fourth-order valence-electron chi connectivity index (χ4n) is 7.96. The molecule has 13 heteroatoms. The van der Waals surface area contributed by atoms with Crippen molar-refractivity contribution < 1.29 is 23.3 Å². The van der Waals surface area contributed by atoms with E-state index in [0.717, 1.165) is 43.7 Å². The van der Waals surface area contributed by atoms with Crippen molar-refractivity contribution in [3.05, 3.63) is 82.3 Å². The number of amides is 2. The summed E-state index contributed by atoms with van der Waals surface area (Å²) in [6.45, 7) is 3.77. The number of hydrogen-bond acceptors (Lipinski definition) is 8. The number of allylic oxidation sites excluding steroid dienone is 1. The Morgan fingerprint density at radius 3 is 2.84 bits per heavy atom. The van der Waals surface area contributed by atoms with Crippen LogP contribution < -0.4 is 14.4 Å². The van der Waals surface area contributed by atoms with Crippen molar-refractivity contribution in [1.29, 1.82) is 0 Å². The molecule has 0 radical (unpaired) electrons. The second kappa shape index (κ2) is 13.5. The van der Waals surface area contributed by atoms with E-state index >= 15 is 0 Å². The third-order valence-corrected chi connectivity index (χ3v) is 12.8. The minimum absolute atomic E-state index is 0.0229. The van der Waals surface area contributed by atoms with Gasteiger partial charge in [-0.1, -0.05) is 36.7 Å². The summed E-state index contributed by atoms with van der Waals surface area (Å²) in [7, 11) is -0.117. The summed E-state index contributed by atoms with van der Waals surface area (Å²) >= 11 is 6.44. The molecule has 260 valence electrons. The van der Waals surface area contributed by atoms with Gasteiger partial charge in [-0.15, -0.1) is 4.36 Å². The van der Waals surface area contributed by atoms with Crippen LogP contribution in [0.25, 0.3) is 0 Å². The maximum absolute atomic E-state index is 14.4. The van der Waals surface area contributed by atoms with Crippen molar-refractivity contribution in [2.24, 2.45) is 29.2 Å². The van der Waals surface area contributed by atoms with E-state index in [-0.39, 0.29) is 34.4 Å². The van der Waals surface area contributed by atoms with Gasteiger partial charge < -0.3 is 14.4 Å². The number of aromatic nitrogens is 3. The Balaban J connectivity index is 1.31. The Labute approximate surface area is 292 Å². The van der Waals surface area contributed by atoms with Gasteiger partial charge in [0, 0.05) is 43.9 Å². The Morgan fingerprint density at radius 2 is 2.08 bits per heavy atom. The number of halogens is 1. The SMILES string of the molecule is CO[C@H]1/C=C\C[C@H](C)CS(=O)(NC(=O)c2cnn(C)c2)=NC(=O)c2ccc3c(n2)N(C[C@@H]2CC[C@H]21)C[C@@]1(CCCc2cc(Cl)ccc21)CO3. The summed E-state index contributed by atoms with van der Waals surface area (Å²) in [5.41, 5.74) is 2.46. The van der Waals surface area contributed by atoms with Gasteiger partial charge in [0.2, 0.25) is 0 Å². The molecule has 4 heterocycles. The average molecular weight is 707 g/mol. The smallest absolute Gasteiger partial charge is 0.305 e. The van der Waals surface area contributed by atoms with Crippen molar-refractivity contribution >= 4 is 39.1 Å². The van der Waals surface area contributed by atoms with Gasteiger partial charge in [0.15, 0.2) is 11.6 Å². The molecule has 4 aliphatic rings. The second-order valence-electron chi connectivity index (χ2n) is 14.1. The molecule has 2 aromatic heterocycles. The summed E-state index contributed by atoms with van der Waals surface area (Å²) in [5, 5.41) is 4.78. The topological polar surface area (TPSA) is 128 Å². The van der Waals surface area contributed by atoms with Crippen LogP contribution in [0.5, 0.6) is 5.75 Å². The van der Waals surface area contributed by atoms with E-state index < -0.39 is 21.7 Å². The molecule has 1 N–H and O–H groups in total. The standard InChI is InChI=1S/C36H43ClN6O5S/c1-23-6-4-8-31(47-3)28-11-9-25(28)19-43-21-36(15-5-7-24-16-27(37)10-12-29(24)36)22-48-32-14-13-30(39-33(32)43)35(45)41-49(46,20-23)40-34(44)26-17-38-42(2)18-26/h4,8,10,12-14,16-18,23,25,28,31H,5-7,9,11,15,19-22H2,1-3H3,(H,40,41,44,45,46)/b8-4-/t23-,25-,28+,31-,36-,49?/m0/s1. The van der Waals surface area contributed by atoms with Crippen molar-refractivity contribution in [2.75, 3.05) is 37.5 Å². The van der Waals surface area contributed by atoms with Gasteiger partial charge >= 0.3 is 5.91 Å². The van der Waals surface area contributed by atoms with Crippen molar-refractivity contribution in [3.63, 3.8) is 0 Å². The number of methoxy groups -OCH3 is 1. The zero-order valence-corrected chi connectivity index (χ0v) is 29.7. The fourth-order valence-corrected chi connectivity index (χ4v) is 10.0. The molecule has 1 unspecified atom stereocenters. The number of pyridine rings is 1. The molecule has 0 saturated heterocycles. The lowest BCUT2D eigenvalue weighted by Gasteiger charge is -2.45. The number of hydrogen-bond donors (Lipinski definition) is 1. The third kappa shape index (κ3) is 6.87. The number of anilines is 1. The zero-order valence-electron chi connectivity index (χ0n) is 28.1. The molecule has 49 heavy (non-hydrogen) atoms. The largest absolute Gasteiger partial charge is 0.489 e. The lowest BCUT2D eigenvalue weighted by molar-refractivity contribution is 0.0131. The van der Waals surface area contributed by atoms with Crippen molar-refractivity contribution in [1.82, 2.24) is 19.5 Å². The molecule has 11 nitrogen and oxygen atoms in total. The number of rotatable bonds is 3. The lowest BCUT2D eigenvalue weighted by Crippen LogP contribution is -2.49. The molecule has 2 aliphatic heterocycles. The minimum Gasteiger partial charge on any atom is -0.489 e. The van der Waals surface area contributed by atoms with Crippen LogP contribution in [-0.4, -0.2) is 69.5 Å². The zero-order chi connectivity index (χ0) is 34.3. The Morgan fingerprint density at radius 1 is 1.22 bits per heavy atom. The number of carbonyl (C=O) groups is 2. The first-order valence-electron chi connectivity index (χ1n) is 17.0. The molecule has 6 atom stereocenters. The molecule has 2 aliphatic carbocycles. The summed E-state index contributed by atoms with van der Waals surface area (Å²) in [4.78, 5) is 34.2. The van der Waals surface area contributed by atoms with E-state index in [0.29, 0.717) is 43.0 Å². The normalized spacial score (nSPS) is 30.5. The van der Waals surface area contributed by atoms with Crippen molar-refractivity contribution in [2.45, 2.75) is 57.0 Å². The van der Waals surface area contributed by atoms with E-state index in [2.05, 4.69) is 43.4 Å². The van der Waals surface area contributed by atoms with Crippen LogP contribution in [-0.2, 0) is 33.5 Å². The predicted octanol–water partition coefficient (Wildman–Crippen LogP) is 5.53. The van der Waals surface area contributed by atoms with E-state index in [4.69, 9.17) is 26.1 Å². The molecule has 1 fully saturated rings. The highest BCUT2D eigenvalue weighted by Crippen LogP contribution is 2.46. The van der Waals surface area contributed by atoms with Crippen LogP contribution in [0.3, 0.4) is 0 Å². The maximum atomic E-state index is 14.4.